The van der Waals surface area contributed by atoms with Crippen LogP contribution in [0.25, 0.3) is 21.6 Å². The van der Waals surface area contributed by atoms with Gasteiger partial charge in [0.05, 0.1) is 31.0 Å². The van der Waals surface area contributed by atoms with E-state index in [1.165, 1.54) is 0 Å². The Kier molecular flexibility index (Phi) is 4.68. The van der Waals surface area contributed by atoms with Gasteiger partial charge in [-0.3, -0.25) is 4.40 Å². The highest BCUT2D eigenvalue weighted by Crippen LogP contribution is 2.42. The van der Waals surface area contributed by atoms with Gasteiger partial charge < -0.3 is 9.64 Å². The van der Waals surface area contributed by atoms with Gasteiger partial charge in [-0.05, 0) is 17.7 Å². The third-order valence-electron chi connectivity index (χ3n) is 4.36. The molecular formula is C18H13Cl3N4O. The van der Waals surface area contributed by atoms with Crippen molar-refractivity contribution in [2.24, 2.45) is 0 Å². The number of aromatic nitrogens is 2. The Labute approximate surface area is 165 Å². The molecule has 132 valence electrons. The van der Waals surface area contributed by atoms with E-state index < -0.39 is 0 Å². The second-order valence-corrected chi connectivity index (χ2v) is 7.07. The molecule has 0 amide bonds. The van der Waals surface area contributed by atoms with E-state index in [0.29, 0.717) is 50.7 Å². The van der Waals surface area contributed by atoms with Crippen molar-refractivity contribution in [1.29, 1.82) is 0 Å². The fourth-order valence-corrected chi connectivity index (χ4v) is 3.89. The molecule has 3 heterocycles. The van der Waals surface area contributed by atoms with Crippen LogP contribution in [0.3, 0.4) is 0 Å². The fraction of sp³-hybridized carbons (Fsp3) is 0.222. The maximum absolute atomic E-state index is 7.57. The van der Waals surface area contributed by atoms with Crippen LogP contribution >= 0.6 is 34.8 Å². The Morgan fingerprint density at radius 3 is 2.58 bits per heavy atom. The number of hydrogen-bond acceptors (Lipinski definition) is 3. The van der Waals surface area contributed by atoms with Gasteiger partial charge in [-0.25, -0.2) is 9.83 Å². The molecule has 1 saturated heterocycles. The van der Waals surface area contributed by atoms with Crippen molar-refractivity contribution in [3.05, 3.63) is 57.1 Å². The summed E-state index contributed by atoms with van der Waals surface area (Å²) in [4.78, 5) is 10.2. The molecule has 26 heavy (non-hydrogen) atoms. The predicted octanol–water partition coefficient (Wildman–Crippen LogP) is 5.35. The molecule has 3 aromatic rings. The number of ether oxygens (including phenoxy) is 1. The van der Waals surface area contributed by atoms with E-state index in [0.717, 1.165) is 18.9 Å². The normalized spacial score (nSPS) is 14.6. The molecule has 1 aromatic carbocycles. The zero-order chi connectivity index (χ0) is 18.3. The van der Waals surface area contributed by atoms with Crippen molar-refractivity contribution in [3.63, 3.8) is 0 Å². The summed E-state index contributed by atoms with van der Waals surface area (Å²) in [5, 5.41) is 1.31. The molecule has 0 unspecified atom stereocenters. The number of nitrogens with zero attached hydrogens (tertiary/aromatic N) is 4. The van der Waals surface area contributed by atoms with Gasteiger partial charge in [0.2, 0.25) is 5.69 Å². The average molecular weight is 408 g/mol. The van der Waals surface area contributed by atoms with E-state index in [9.17, 15) is 0 Å². The Hall–Kier alpha value is -1.97. The zero-order valence-corrected chi connectivity index (χ0v) is 15.8. The first-order valence-corrected chi connectivity index (χ1v) is 9.08. The van der Waals surface area contributed by atoms with Crippen molar-refractivity contribution in [3.8, 4) is 11.1 Å². The van der Waals surface area contributed by atoms with Crippen LogP contribution < -0.4 is 4.90 Å². The van der Waals surface area contributed by atoms with Gasteiger partial charge in [0.15, 0.2) is 0 Å². The van der Waals surface area contributed by atoms with Crippen LogP contribution in [0.5, 0.6) is 0 Å². The summed E-state index contributed by atoms with van der Waals surface area (Å²) in [5.74, 6) is 0.910. The van der Waals surface area contributed by atoms with E-state index in [1.54, 1.807) is 24.4 Å². The number of pyridine rings is 1. The molecule has 0 bridgehead atoms. The molecule has 1 fully saturated rings. The van der Waals surface area contributed by atoms with Crippen LogP contribution in [0.2, 0.25) is 15.1 Å². The van der Waals surface area contributed by atoms with Crippen LogP contribution in [0.1, 0.15) is 0 Å². The number of anilines is 1. The molecule has 1 aliphatic heterocycles. The summed E-state index contributed by atoms with van der Waals surface area (Å²) < 4.78 is 7.33. The third kappa shape index (κ3) is 2.89. The Morgan fingerprint density at radius 1 is 1.12 bits per heavy atom. The first kappa shape index (κ1) is 17.4. The molecule has 5 nitrogen and oxygen atoms in total. The monoisotopic (exact) mass is 406 g/mol. The van der Waals surface area contributed by atoms with E-state index in [1.807, 2.05) is 10.6 Å². The van der Waals surface area contributed by atoms with Crippen molar-refractivity contribution in [2.45, 2.75) is 0 Å². The maximum atomic E-state index is 7.57. The Balaban J connectivity index is 1.96. The number of morpholine rings is 1. The lowest BCUT2D eigenvalue weighted by atomic mass is 10.1. The number of halogens is 3. The highest BCUT2D eigenvalue weighted by Gasteiger charge is 2.21. The molecule has 0 radical (unpaired) electrons. The summed E-state index contributed by atoms with van der Waals surface area (Å²) >= 11 is 18.9. The highest BCUT2D eigenvalue weighted by atomic mass is 35.5. The molecule has 0 N–H and O–H groups in total. The quantitative estimate of drug-likeness (QED) is 0.537. The number of benzene rings is 1. The molecule has 0 aliphatic carbocycles. The molecule has 8 heteroatoms. The molecule has 2 aromatic heterocycles. The van der Waals surface area contributed by atoms with Crippen LogP contribution in [-0.4, -0.2) is 35.7 Å². The summed E-state index contributed by atoms with van der Waals surface area (Å²) in [7, 11) is 0. The van der Waals surface area contributed by atoms with Crippen LogP contribution in [0.15, 0.2) is 30.6 Å². The van der Waals surface area contributed by atoms with Crippen molar-refractivity contribution < 1.29 is 4.74 Å². The molecule has 0 atom stereocenters. The second-order valence-electron chi connectivity index (χ2n) is 5.85. The smallest absolute Gasteiger partial charge is 0.218 e. The van der Waals surface area contributed by atoms with E-state index in [2.05, 4.69) is 14.7 Å². The first-order chi connectivity index (χ1) is 12.6. The van der Waals surface area contributed by atoms with Gasteiger partial charge in [-0.2, -0.15) is 0 Å². The molecule has 4 rings (SSSR count). The molecule has 0 saturated carbocycles. The van der Waals surface area contributed by atoms with Gasteiger partial charge >= 0.3 is 0 Å². The van der Waals surface area contributed by atoms with Crippen molar-refractivity contribution in [2.75, 3.05) is 31.2 Å². The minimum atomic E-state index is 0.308. The number of imidazole rings is 1. The average Bonchev–Trinajstić information content (AvgIpc) is 3.07. The molecule has 0 spiro atoms. The van der Waals surface area contributed by atoms with Crippen molar-refractivity contribution >= 4 is 52.0 Å². The zero-order valence-electron chi connectivity index (χ0n) is 13.5. The van der Waals surface area contributed by atoms with Gasteiger partial charge in [-0.15, -0.1) is 0 Å². The van der Waals surface area contributed by atoms with Crippen LogP contribution in [0, 0.1) is 6.57 Å². The highest BCUT2D eigenvalue weighted by molar-refractivity contribution is 6.38. The number of fused-ring (bicyclic) bond motifs is 1. The summed E-state index contributed by atoms with van der Waals surface area (Å²) in [5.41, 5.74) is 2.22. The summed E-state index contributed by atoms with van der Waals surface area (Å²) in [6.07, 6.45) is 3.63. The minimum absolute atomic E-state index is 0.308. The molecule has 1 aliphatic rings. The van der Waals surface area contributed by atoms with Gasteiger partial charge in [0.1, 0.15) is 11.5 Å². The maximum Gasteiger partial charge on any atom is 0.218 e. The van der Waals surface area contributed by atoms with Crippen LogP contribution in [0.4, 0.5) is 11.5 Å². The largest absolute Gasteiger partial charge is 0.378 e. The summed E-state index contributed by atoms with van der Waals surface area (Å²) in [6, 6.07) is 5.19. The fourth-order valence-electron chi connectivity index (χ4n) is 3.10. The summed E-state index contributed by atoms with van der Waals surface area (Å²) in [6.45, 7) is 10.4. The SMILES string of the molecule is [C-]#[N+]c1c(-c2ccc(Cl)cc2Cl)cn2c(N3CCOCC3)cnc2c1Cl. The Morgan fingerprint density at radius 2 is 1.88 bits per heavy atom. The lowest BCUT2D eigenvalue weighted by Crippen LogP contribution is -2.36. The standard InChI is InChI=1S/C18H13Cl3N4O/c1-22-17-13(12-3-2-11(19)8-14(12)20)10-25-15(9-23-18(25)16(17)21)24-4-6-26-7-5-24/h2-3,8-10H,4-7H2. The number of rotatable bonds is 2. The minimum Gasteiger partial charge on any atom is -0.378 e. The van der Waals surface area contributed by atoms with E-state index in [-0.39, 0.29) is 0 Å². The van der Waals surface area contributed by atoms with Gasteiger partial charge in [0, 0.05) is 34.9 Å². The van der Waals surface area contributed by atoms with Crippen molar-refractivity contribution in [1.82, 2.24) is 9.38 Å². The topological polar surface area (TPSA) is 34.1 Å². The van der Waals surface area contributed by atoms with E-state index in [4.69, 9.17) is 46.1 Å². The van der Waals surface area contributed by atoms with Gasteiger partial charge in [-0.1, -0.05) is 40.9 Å². The lowest BCUT2D eigenvalue weighted by molar-refractivity contribution is 0.122. The predicted molar refractivity (Wildman–Crippen MR) is 105 cm³/mol. The second kappa shape index (κ2) is 6.98. The van der Waals surface area contributed by atoms with Crippen LogP contribution in [-0.2, 0) is 4.74 Å². The third-order valence-corrected chi connectivity index (χ3v) is 5.26. The number of hydrogen-bond donors (Lipinski definition) is 0. The molecular weight excluding hydrogens is 395 g/mol. The first-order valence-electron chi connectivity index (χ1n) is 7.95. The van der Waals surface area contributed by atoms with E-state index >= 15 is 0 Å². The van der Waals surface area contributed by atoms with Gasteiger partial charge in [0.25, 0.3) is 0 Å². The lowest BCUT2D eigenvalue weighted by Gasteiger charge is -2.28. The Bertz CT molecular complexity index is 1040.